The van der Waals surface area contributed by atoms with Crippen LogP contribution in [0.3, 0.4) is 0 Å². The Balaban J connectivity index is 2.49. The predicted octanol–water partition coefficient (Wildman–Crippen LogP) is 1.61. The van der Waals surface area contributed by atoms with Gasteiger partial charge in [0.15, 0.2) is 0 Å². The van der Waals surface area contributed by atoms with Gasteiger partial charge in [-0.3, -0.25) is 0 Å². The highest BCUT2D eigenvalue weighted by molar-refractivity contribution is 7.89. The van der Waals surface area contributed by atoms with Gasteiger partial charge in [0.05, 0.1) is 18.0 Å². The van der Waals surface area contributed by atoms with Gasteiger partial charge in [-0.05, 0) is 43.8 Å². The number of nitrogens with one attached hydrogen (secondary N) is 2. The van der Waals surface area contributed by atoms with Crippen LogP contribution >= 0.6 is 0 Å². The molecule has 0 saturated carbocycles. The molecule has 0 spiro atoms. The molecule has 120 valence electrons. The summed E-state index contributed by atoms with van der Waals surface area (Å²) in [7, 11) is -3.90. The summed E-state index contributed by atoms with van der Waals surface area (Å²) in [5, 5.41) is 3.16. The van der Waals surface area contributed by atoms with Crippen molar-refractivity contribution in [1.82, 2.24) is 10.0 Å². The molecule has 1 aromatic carbocycles. The van der Waals surface area contributed by atoms with Crippen LogP contribution in [0.15, 0.2) is 29.2 Å². The zero-order valence-electron chi connectivity index (χ0n) is 11.8. The van der Waals surface area contributed by atoms with E-state index >= 15 is 0 Å². The van der Waals surface area contributed by atoms with Gasteiger partial charge < -0.3 is 10.1 Å². The average molecular weight is 322 g/mol. The predicted molar refractivity (Wildman–Crippen MR) is 76.3 cm³/mol. The third-order valence-corrected chi connectivity index (χ3v) is 4.02. The molecule has 0 unspecified atom stereocenters. The Labute approximate surface area is 123 Å². The molecule has 2 N–H and O–H groups in total. The molecule has 0 amide bonds. The normalized spacial score (nSPS) is 11.8. The third kappa shape index (κ3) is 6.83. The molecule has 0 atom stereocenters. The van der Waals surface area contributed by atoms with Crippen LogP contribution in [-0.4, -0.2) is 41.1 Å². The van der Waals surface area contributed by atoms with Crippen molar-refractivity contribution in [3.8, 4) is 5.75 Å². The highest BCUT2D eigenvalue weighted by Crippen LogP contribution is 2.16. The molecule has 0 aliphatic heterocycles. The van der Waals surface area contributed by atoms with Crippen molar-refractivity contribution >= 4 is 10.0 Å². The van der Waals surface area contributed by atoms with E-state index in [2.05, 4.69) is 5.32 Å². The molecule has 5 nitrogen and oxygen atoms in total. The summed E-state index contributed by atoms with van der Waals surface area (Å²) in [6, 6.07) is 5.66. The fraction of sp³-hybridized carbons (Fsp3) is 0.538. The molecule has 0 radical (unpaired) electrons. The van der Waals surface area contributed by atoms with Crippen molar-refractivity contribution in [1.29, 1.82) is 0 Å². The topological polar surface area (TPSA) is 67.4 Å². The average Bonchev–Trinajstić information content (AvgIpc) is 2.46. The fourth-order valence-corrected chi connectivity index (χ4v) is 2.54. The summed E-state index contributed by atoms with van der Waals surface area (Å²) >= 11 is 0. The Hall–Kier alpha value is -1.25. The van der Waals surface area contributed by atoms with Gasteiger partial charge in [0.1, 0.15) is 5.75 Å². The summed E-state index contributed by atoms with van der Waals surface area (Å²) in [6.07, 6.45) is -1.89. The van der Waals surface area contributed by atoms with Crippen molar-refractivity contribution in [2.24, 2.45) is 0 Å². The van der Waals surface area contributed by atoms with Crippen molar-refractivity contribution in [2.75, 3.05) is 26.2 Å². The molecule has 1 aromatic rings. The molecule has 0 fully saturated rings. The number of rotatable bonds is 10. The number of hydrogen-bond acceptors (Lipinski definition) is 4. The van der Waals surface area contributed by atoms with Crippen LogP contribution in [0.4, 0.5) is 8.78 Å². The minimum absolute atomic E-state index is 0.0665. The number of halogens is 2. The van der Waals surface area contributed by atoms with Gasteiger partial charge in [-0.2, -0.15) is 0 Å². The van der Waals surface area contributed by atoms with Gasteiger partial charge in [0.25, 0.3) is 6.43 Å². The molecule has 1 rings (SSSR count). The van der Waals surface area contributed by atoms with Crippen LogP contribution in [0.2, 0.25) is 0 Å². The largest absolute Gasteiger partial charge is 0.494 e. The lowest BCUT2D eigenvalue weighted by atomic mass is 10.3. The molecule has 8 heteroatoms. The quantitative estimate of drug-likeness (QED) is 0.642. The molecule has 0 heterocycles. The van der Waals surface area contributed by atoms with Crippen LogP contribution in [0.5, 0.6) is 5.75 Å². The van der Waals surface area contributed by atoms with Crippen molar-refractivity contribution in [3.63, 3.8) is 0 Å². The lowest BCUT2D eigenvalue weighted by Crippen LogP contribution is -2.28. The van der Waals surface area contributed by atoms with E-state index in [1.165, 1.54) is 24.3 Å². The molecular formula is C13H20F2N2O3S. The van der Waals surface area contributed by atoms with Crippen LogP contribution in [0.25, 0.3) is 0 Å². The van der Waals surface area contributed by atoms with Crippen molar-refractivity contribution in [3.05, 3.63) is 24.3 Å². The number of hydrogen-bond donors (Lipinski definition) is 2. The van der Waals surface area contributed by atoms with Crippen molar-refractivity contribution in [2.45, 2.75) is 24.7 Å². The summed E-state index contributed by atoms with van der Waals surface area (Å²) in [6.45, 7) is 3.38. The first-order chi connectivity index (χ1) is 9.95. The summed E-state index contributed by atoms with van der Waals surface area (Å²) < 4.78 is 54.7. The van der Waals surface area contributed by atoms with Crippen LogP contribution in [0, 0.1) is 0 Å². The number of benzene rings is 1. The zero-order chi connectivity index (χ0) is 15.7. The second-order valence-electron chi connectivity index (χ2n) is 4.27. The molecule has 21 heavy (non-hydrogen) atoms. The van der Waals surface area contributed by atoms with E-state index in [1.807, 2.05) is 11.6 Å². The second kappa shape index (κ2) is 8.91. The van der Waals surface area contributed by atoms with Gasteiger partial charge in [0.2, 0.25) is 10.0 Å². The molecule has 0 bridgehead atoms. The van der Waals surface area contributed by atoms with Gasteiger partial charge >= 0.3 is 0 Å². The van der Waals surface area contributed by atoms with Gasteiger partial charge in [-0.25, -0.2) is 21.9 Å². The lowest BCUT2D eigenvalue weighted by molar-refractivity contribution is 0.153. The van der Waals surface area contributed by atoms with Gasteiger partial charge in [-0.1, -0.05) is 6.92 Å². The highest BCUT2D eigenvalue weighted by atomic mass is 32.2. The minimum Gasteiger partial charge on any atom is -0.494 e. The van der Waals surface area contributed by atoms with E-state index in [1.54, 1.807) is 0 Å². The maximum atomic E-state index is 12.0. The Bertz CT molecular complexity index is 507. The summed E-state index contributed by atoms with van der Waals surface area (Å²) in [5.74, 6) is 0.541. The molecule has 0 saturated heterocycles. The fourth-order valence-electron chi connectivity index (χ4n) is 1.54. The van der Waals surface area contributed by atoms with Gasteiger partial charge in [0, 0.05) is 0 Å². The monoisotopic (exact) mass is 322 g/mol. The van der Waals surface area contributed by atoms with E-state index in [9.17, 15) is 17.2 Å². The molecular weight excluding hydrogens is 302 g/mol. The second-order valence-corrected chi connectivity index (χ2v) is 6.04. The Morgan fingerprint density at radius 2 is 1.90 bits per heavy atom. The maximum Gasteiger partial charge on any atom is 0.251 e. The molecule has 0 aromatic heterocycles. The van der Waals surface area contributed by atoms with Crippen LogP contribution in [-0.2, 0) is 10.0 Å². The van der Waals surface area contributed by atoms with Crippen molar-refractivity contribution < 1.29 is 21.9 Å². The Morgan fingerprint density at radius 1 is 1.24 bits per heavy atom. The Morgan fingerprint density at radius 3 is 2.48 bits per heavy atom. The van der Waals surface area contributed by atoms with E-state index in [4.69, 9.17) is 4.74 Å². The number of sulfonamides is 1. The van der Waals surface area contributed by atoms with E-state index in [0.29, 0.717) is 12.4 Å². The first kappa shape index (κ1) is 17.8. The summed E-state index contributed by atoms with van der Waals surface area (Å²) in [5.41, 5.74) is 0. The molecule has 0 aliphatic carbocycles. The number of alkyl halides is 2. The summed E-state index contributed by atoms with van der Waals surface area (Å²) in [4.78, 5) is -0.0665. The minimum atomic E-state index is -3.90. The standard InChI is InChI=1S/C13H20F2N2O3S/c1-2-16-8-3-9-20-11-4-6-12(7-5-11)21(18,19)17-10-13(14)15/h4-7,13,16-17H,2-3,8-10H2,1H3. The van der Waals surface area contributed by atoms with E-state index in [-0.39, 0.29) is 4.90 Å². The highest BCUT2D eigenvalue weighted by Gasteiger charge is 2.15. The first-order valence-electron chi connectivity index (χ1n) is 6.67. The molecule has 0 aliphatic rings. The van der Waals surface area contributed by atoms with E-state index in [0.717, 1.165) is 19.5 Å². The van der Waals surface area contributed by atoms with E-state index < -0.39 is 23.0 Å². The van der Waals surface area contributed by atoms with Gasteiger partial charge in [-0.15, -0.1) is 0 Å². The zero-order valence-corrected chi connectivity index (χ0v) is 12.6. The Kier molecular flexibility index (Phi) is 7.55. The number of ether oxygens (including phenoxy) is 1. The SMILES string of the molecule is CCNCCCOc1ccc(S(=O)(=O)NCC(F)F)cc1. The third-order valence-electron chi connectivity index (χ3n) is 2.58. The first-order valence-corrected chi connectivity index (χ1v) is 8.15. The smallest absolute Gasteiger partial charge is 0.251 e. The maximum absolute atomic E-state index is 12.0. The van der Waals surface area contributed by atoms with Crippen LogP contribution in [0.1, 0.15) is 13.3 Å². The van der Waals surface area contributed by atoms with Crippen LogP contribution < -0.4 is 14.8 Å². The lowest BCUT2D eigenvalue weighted by Gasteiger charge is -2.09.